The number of rotatable bonds is 8. The lowest BCUT2D eigenvalue weighted by molar-refractivity contribution is -0.384. The Labute approximate surface area is 194 Å². The van der Waals surface area contributed by atoms with E-state index < -0.39 is 10.9 Å². The number of non-ortho nitro benzene ring substituents is 1. The van der Waals surface area contributed by atoms with Gasteiger partial charge in [0.1, 0.15) is 5.75 Å². The van der Waals surface area contributed by atoms with E-state index >= 15 is 0 Å². The number of carbonyl (C=O) groups is 1. The second kappa shape index (κ2) is 9.98. The van der Waals surface area contributed by atoms with Crippen LogP contribution in [0.15, 0.2) is 42.5 Å². The van der Waals surface area contributed by atoms with Crippen LogP contribution in [0.4, 0.5) is 29.0 Å². The first kappa shape index (κ1) is 22.7. The third-order valence-electron chi connectivity index (χ3n) is 5.24. The number of aromatic nitrogens is 3. The number of nitro groups is 1. The highest BCUT2D eigenvalue weighted by Crippen LogP contribution is 2.29. The van der Waals surface area contributed by atoms with Crippen molar-refractivity contribution in [2.75, 3.05) is 36.1 Å². The number of anilines is 4. The Kier molecular flexibility index (Phi) is 6.67. The Hall–Kier alpha value is -4.48. The quantitative estimate of drug-likeness (QED) is 0.286. The molecule has 0 spiro atoms. The number of hydrogen-bond acceptors (Lipinski definition) is 11. The molecule has 12 heteroatoms. The Bertz CT molecular complexity index is 1210. The summed E-state index contributed by atoms with van der Waals surface area (Å²) in [6, 6.07) is 11.4. The van der Waals surface area contributed by atoms with Crippen LogP contribution >= 0.6 is 0 Å². The minimum atomic E-state index is -0.719. The van der Waals surface area contributed by atoms with Gasteiger partial charge in [0.15, 0.2) is 12.4 Å². The summed E-state index contributed by atoms with van der Waals surface area (Å²) in [7, 11) is 1.54. The van der Waals surface area contributed by atoms with Crippen LogP contribution < -0.4 is 20.7 Å². The van der Waals surface area contributed by atoms with E-state index in [0.29, 0.717) is 17.1 Å². The van der Waals surface area contributed by atoms with Crippen molar-refractivity contribution >= 4 is 34.9 Å². The van der Waals surface area contributed by atoms with Gasteiger partial charge in [0.2, 0.25) is 11.9 Å². The monoisotopic (exact) mass is 465 g/mol. The Morgan fingerprint density at radius 1 is 1.18 bits per heavy atom. The summed E-state index contributed by atoms with van der Waals surface area (Å²) >= 11 is 0. The number of hydrogen-bond donors (Lipinski definition) is 2. The summed E-state index contributed by atoms with van der Waals surface area (Å²) in [6.07, 6.45) is 1.97. The highest BCUT2D eigenvalue weighted by Gasteiger charge is 2.24. The fraction of sp³-hybridized carbons (Fsp3) is 0.273. The molecule has 2 aromatic carbocycles. The van der Waals surface area contributed by atoms with E-state index in [1.54, 1.807) is 18.2 Å². The maximum Gasteiger partial charge on any atom is 0.340 e. The number of nitrogens with two attached hydrogens (primary N) is 1. The molecule has 0 bridgehead atoms. The Morgan fingerprint density at radius 2 is 1.94 bits per heavy atom. The molecule has 1 aromatic heterocycles. The van der Waals surface area contributed by atoms with Crippen LogP contribution in [-0.4, -0.2) is 46.0 Å². The maximum atomic E-state index is 12.9. The SMILES string of the molecule is COc1ccccc1Nc1nc(N)nc(COC(=O)c2cc([N+](=O)[O-])ccc2N2CCCC2)n1. The van der Waals surface area contributed by atoms with E-state index in [1.807, 2.05) is 17.0 Å². The molecule has 176 valence electrons. The lowest BCUT2D eigenvalue weighted by atomic mass is 10.1. The molecule has 1 aliphatic rings. The van der Waals surface area contributed by atoms with Gasteiger partial charge in [0.05, 0.1) is 29.0 Å². The molecule has 0 unspecified atom stereocenters. The van der Waals surface area contributed by atoms with E-state index in [0.717, 1.165) is 25.9 Å². The number of nitrogen functional groups attached to an aromatic ring is 1. The summed E-state index contributed by atoms with van der Waals surface area (Å²) in [5, 5.41) is 14.2. The Balaban J connectivity index is 1.53. The number of ether oxygens (including phenoxy) is 2. The van der Waals surface area contributed by atoms with Gasteiger partial charge < -0.3 is 25.4 Å². The summed E-state index contributed by atoms with van der Waals surface area (Å²) in [5.74, 6) is 0.0625. The number of methoxy groups -OCH3 is 1. The average molecular weight is 465 g/mol. The van der Waals surface area contributed by atoms with Gasteiger partial charge in [0.25, 0.3) is 5.69 Å². The smallest absolute Gasteiger partial charge is 0.340 e. The molecule has 0 amide bonds. The number of para-hydroxylation sites is 2. The third kappa shape index (κ3) is 5.11. The average Bonchev–Trinajstić information content (AvgIpc) is 3.37. The number of esters is 1. The molecule has 1 fully saturated rings. The molecule has 4 rings (SSSR count). The predicted molar refractivity (Wildman–Crippen MR) is 124 cm³/mol. The highest BCUT2D eigenvalue weighted by atomic mass is 16.6. The van der Waals surface area contributed by atoms with E-state index in [2.05, 4.69) is 20.3 Å². The van der Waals surface area contributed by atoms with Crippen molar-refractivity contribution in [1.82, 2.24) is 15.0 Å². The molecule has 0 aliphatic carbocycles. The summed E-state index contributed by atoms with van der Waals surface area (Å²) in [4.78, 5) is 37.9. The van der Waals surface area contributed by atoms with Crippen molar-refractivity contribution in [2.45, 2.75) is 19.4 Å². The van der Waals surface area contributed by atoms with Gasteiger partial charge in [-0.3, -0.25) is 10.1 Å². The zero-order chi connectivity index (χ0) is 24.1. The van der Waals surface area contributed by atoms with E-state index in [4.69, 9.17) is 15.2 Å². The van der Waals surface area contributed by atoms with Gasteiger partial charge in [-0.05, 0) is 31.0 Å². The predicted octanol–water partition coefficient (Wildman–Crippen LogP) is 3.07. The molecular formula is C22H23N7O5. The number of nitrogens with zero attached hydrogens (tertiary/aromatic N) is 5. The first-order valence-corrected chi connectivity index (χ1v) is 10.6. The lowest BCUT2D eigenvalue weighted by Crippen LogP contribution is -2.21. The lowest BCUT2D eigenvalue weighted by Gasteiger charge is -2.20. The summed E-state index contributed by atoms with van der Waals surface area (Å²) < 4.78 is 10.7. The van der Waals surface area contributed by atoms with Gasteiger partial charge in [-0.25, -0.2) is 4.79 Å². The van der Waals surface area contributed by atoms with E-state index in [9.17, 15) is 14.9 Å². The van der Waals surface area contributed by atoms with Crippen molar-refractivity contribution < 1.29 is 19.2 Å². The van der Waals surface area contributed by atoms with Crippen LogP contribution in [0.5, 0.6) is 5.75 Å². The molecule has 0 saturated carbocycles. The van der Waals surface area contributed by atoms with Crippen molar-refractivity contribution in [2.24, 2.45) is 0 Å². The van der Waals surface area contributed by atoms with Gasteiger partial charge in [-0.2, -0.15) is 15.0 Å². The topological polar surface area (TPSA) is 159 Å². The number of nitrogens with one attached hydrogen (secondary N) is 1. The van der Waals surface area contributed by atoms with Gasteiger partial charge in [-0.15, -0.1) is 0 Å². The summed E-state index contributed by atoms with van der Waals surface area (Å²) in [5.41, 5.74) is 6.94. The van der Waals surface area contributed by atoms with Gasteiger partial charge >= 0.3 is 5.97 Å². The third-order valence-corrected chi connectivity index (χ3v) is 5.24. The van der Waals surface area contributed by atoms with Crippen LogP contribution in [0.2, 0.25) is 0 Å². The van der Waals surface area contributed by atoms with Crippen molar-refractivity contribution in [3.05, 3.63) is 64.0 Å². The molecule has 1 saturated heterocycles. The van der Waals surface area contributed by atoms with E-state index in [-0.39, 0.29) is 35.6 Å². The standard InChI is InChI=1S/C22H23N7O5/c1-33-18-7-3-2-6-16(18)24-22-26-19(25-21(23)27-22)13-34-20(30)15-12-14(29(31)32)8-9-17(15)28-10-4-5-11-28/h2-3,6-9,12H,4-5,10-11,13H2,1H3,(H3,23,24,25,26,27). The fourth-order valence-electron chi connectivity index (χ4n) is 3.67. The normalized spacial score (nSPS) is 12.9. The first-order valence-electron chi connectivity index (χ1n) is 10.6. The number of benzene rings is 2. The molecule has 0 atom stereocenters. The molecule has 34 heavy (non-hydrogen) atoms. The maximum absolute atomic E-state index is 12.9. The van der Waals surface area contributed by atoms with Crippen LogP contribution in [0.3, 0.4) is 0 Å². The van der Waals surface area contributed by atoms with Crippen molar-refractivity contribution in [3.63, 3.8) is 0 Å². The zero-order valence-electron chi connectivity index (χ0n) is 18.4. The molecule has 3 aromatic rings. The molecule has 1 aliphatic heterocycles. The molecule has 12 nitrogen and oxygen atoms in total. The second-order valence-electron chi connectivity index (χ2n) is 7.49. The van der Waals surface area contributed by atoms with Crippen LogP contribution in [0.25, 0.3) is 0 Å². The largest absolute Gasteiger partial charge is 0.495 e. The molecule has 3 N–H and O–H groups in total. The molecular weight excluding hydrogens is 442 g/mol. The van der Waals surface area contributed by atoms with Gasteiger partial charge in [-0.1, -0.05) is 12.1 Å². The fourth-order valence-corrected chi connectivity index (χ4v) is 3.67. The second-order valence-corrected chi connectivity index (χ2v) is 7.49. The number of carbonyl (C=O) groups excluding carboxylic acids is 1. The minimum absolute atomic E-state index is 0.0634. The van der Waals surface area contributed by atoms with Crippen LogP contribution in [0.1, 0.15) is 29.0 Å². The number of nitro benzene ring substituents is 1. The Morgan fingerprint density at radius 3 is 2.68 bits per heavy atom. The van der Waals surface area contributed by atoms with E-state index in [1.165, 1.54) is 19.2 Å². The minimum Gasteiger partial charge on any atom is -0.495 e. The first-order chi connectivity index (χ1) is 16.4. The van der Waals surface area contributed by atoms with Crippen LogP contribution in [0, 0.1) is 10.1 Å². The zero-order valence-corrected chi connectivity index (χ0v) is 18.4. The van der Waals surface area contributed by atoms with Crippen LogP contribution in [-0.2, 0) is 11.3 Å². The summed E-state index contributed by atoms with van der Waals surface area (Å²) in [6.45, 7) is 1.23. The van der Waals surface area contributed by atoms with Crippen molar-refractivity contribution in [3.8, 4) is 5.75 Å². The molecule has 2 heterocycles. The van der Waals surface area contributed by atoms with Gasteiger partial charge in [0, 0.05) is 25.2 Å². The van der Waals surface area contributed by atoms with Crippen molar-refractivity contribution in [1.29, 1.82) is 0 Å². The highest BCUT2D eigenvalue weighted by molar-refractivity contribution is 5.96. The molecule has 0 radical (unpaired) electrons.